The molecular formula is C20H30O4. The maximum Gasteiger partial charge on any atom is 0.334 e. The van der Waals surface area contributed by atoms with Gasteiger partial charge in [0.15, 0.2) is 0 Å². The number of fused-ring (bicyclic) bond motifs is 2. The number of ether oxygens (including phenoxy) is 2. The fraction of sp³-hybridized carbons (Fsp3) is 0.750. The molecule has 2 fully saturated rings. The number of carbonyl (C=O) groups is 1. The zero-order chi connectivity index (χ0) is 17.5. The molecule has 0 spiro atoms. The minimum absolute atomic E-state index is 0.0958. The lowest BCUT2D eigenvalue weighted by Gasteiger charge is -2.27. The largest absolute Gasteiger partial charge is 0.456 e. The van der Waals surface area contributed by atoms with Crippen LogP contribution < -0.4 is 0 Å². The van der Waals surface area contributed by atoms with E-state index in [-0.39, 0.29) is 29.5 Å². The molecule has 2 aliphatic heterocycles. The summed E-state index contributed by atoms with van der Waals surface area (Å²) in [7, 11) is 0. The van der Waals surface area contributed by atoms with Crippen molar-refractivity contribution in [2.75, 3.05) is 0 Å². The van der Waals surface area contributed by atoms with Crippen molar-refractivity contribution in [1.82, 2.24) is 0 Å². The quantitative estimate of drug-likeness (QED) is 0.319. The molecular weight excluding hydrogens is 304 g/mol. The van der Waals surface area contributed by atoms with E-state index in [1.165, 1.54) is 5.57 Å². The molecule has 0 saturated carbocycles. The van der Waals surface area contributed by atoms with Gasteiger partial charge in [0.05, 0.1) is 17.8 Å². The Morgan fingerprint density at radius 1 is 1.42 bits per heavy atom. The molecule has 0 amide bonds. The van der Waals surface area contributed by atoms with Gasteiger partial charge in [0, 0.05) is 11.5 Å². The number of carbonyl (C=O) groups excluding carboxylic acids is 1. The highest BCUT2D eigenvalue weighted by atomic mass is 16.6. The third-order valence-electron chi connectivity index (χ3n) is 6.14. The fourth-order valence-corrected chi connectivity index (χ4v) is 4.16. The van der Waals surface area contributed by atoms with Gasteiger partial charge in [0.2, 0.25) is 0 Å². The number of hydrogen-bond acceptors (Lipinski definition) is 4. The monoisotopic (exact) mass is 334 g/mol. The van der Waals surface area contributed by atoms with E-state index >= 15 is 0 Å². The maximum absolute atomic E-state index is 12.0. The van der Waals surface area contributed by atoms with Crippen LogP contribution in [0.5, 0.6) is 0 Å². The van der Waals surface area contributed by atoms with E-state index < -0.39 is 12.2 Å². The first kappa shape index (κ1) is 17.7. The number of allylic oxidation sites excluding steroid dienone is 2. The van der Waals surface area contributed by atoms with Crippen molar-refractivity contribution < 1.29 is 19.4 Å². The molecule has 6 atom stereocenters. The zero-order valence-electron chi connectivity index (χ0n) is 15.1. The Labute approximate surface area is 144 Å². The van der Waals surface area contributed by atoms with Crippen LogP contribution in [0.1, 0.15) is 59.3 Å². The summed E-state index contributed by atoms with van der Waals surface area (Å²) in [4.78, 5) is 12.0. The summed E-state index contributed by atoms with van der Waals surface area (Å²) >= 11 is 0. The van der Waals surface area contributed by atoms with Crippen LogP contribution in [0.3, 0.4) is 0 Å². The minimum atomic E-state index is -0.643. The standard InChI is InChI=1S/C20H30O4/c1-12-7-5-9-13(2)17(21)18-15(14(3)19(22)23-18)11-16-20(4,24-16)10-6-8-12/h8,13,15-18,21H,3,5-7,9-11H2,1-2,4H3/t13-,15+,16-,17+,18-,20-/m1/s1. The average Bonchev–Trinajstić information content (AvgIpc) is 3.08. The van der Waals surface area contributed by atoms with E-state index in [4.69, 9.17) is 9.47 Å². The molecule has 1 aliphatic carbocycles. The van der Waals surface area contributed by atoms with E-state index in [0.717, 1.165) is 32.1 Å². The smallest absolute Gasteiger partial charge is 0.334 e. The van der Waals surface area contributed by atoms with Gasteiger partial charge in [0.25, 0.3) is 0 Å². The predicted molar refractivity (Wildman–Crippen MR) is 92.4 cm³/mol. The van der Waals surface area contributed by atoms with Crippen LogP contribution in [-0.2, 0) is 14.3 Å². The molecule has 3 aliphatic rings. The van der Waals surface area contributed by atoms with Gasteiger partial charge in [-0.3, -0.25) is 0 Å². The van der Waals surface area contributed by atoms with E-state index in [1.807, 2.05) is 6.92 Å². The van der Waals surface area contributed by atoms with Crippen molar-refractivity contribution in [3.63, 3.8) is 0 Å². The summed E-state index contributed by atoms with van der Waals surface area (Å²) < 4.78 is 11.4. The second kappa shape index (κ2) is 6.64. The van der Waals surface area contributed by atoms with E-state index in [0.29, 0.717) is 12.0 Å². The highest BCUT2D eigenvalue weighted by molar-refractivity contribution is 5.90. The van der Waals surface area contributed by atoms with Crippen LogP contribution in [0, 0.1) is 11.8 Å². The lowest BCUT2D eigenvalue weighted by molar-refractivity contribution is -0.146. The van der Waals surface area contributed by atoms with Crippen molar-refractivity contribution in [3.05, 3.63) is 23.8 Å². The van der Waals surface area contributed by atoms with Crippen LogP contribution in [0.15, 0.2) is 23.8 Å². The molecule has 0 radical (unpaired) electrons. The summed E-state index contributed by atoms with van der Waals surface area (Å²) in [6, 6.07) is 0. The van der Waals surface area contributed by atoms with Gasteiger partial charge in [0.1, 0.15) is 6.10 Å². The average molecular weight is 334 g/mol. The zero-order valence-corrected chi connectivity index (χ0v) is 15.1. The highest BCUT2D eigenvalue weighted by Gasteiger charge is 2.55. The Morgan fingerprint density at radius 3 is 2.92 bits per heavy atom. The Kier molecular flexibility index (Phi) is 4.89. The SMILES string of the molecule is C=C1C(=O)O[C@H]2[C@@H](O)[C@H](C)CCCC(C)=CCC[C@@]3(C)O[C@@H]3C[C@@H]12. The molecule has 0 unspecified atom stereocenters. The molecule has 0 bridgehead atoms. The molecule has 24 heavy (non-hydrogen) atoms. The second-order valence-electron chi connectivity index (χ2n) is 8.11. The van der Waals surface area contributed by atoms with Gasteiger partial charge >= 0.3 is 5.97 Å². The number of epoxide rings is 1. The normalized spacial score (nSPS) is 44.0. The second-order valence-corrected chi connectivity index (χ2v) is 8.11. The van der Waals surface area contributed by atoms with Crippen molar-refractivity contribution in [2.45, 2.75) is 83.2 Å². The van der Waals surface area contributed by atoms with Crippen LogP contribution >= 0.6 is 0 Å². The Balaban J connectivity index is 1.79. The predicted octanol–water partition coefficient (Wildman–Crippen LogP) is 3.54. The Morgan fingerprint density at radius 2 is 2.17 bits per heavy atom. The summed E-state index contributed by atoms with van der Waals surface area (Å²) in [5, 5.41) is 10.7. The molecule has 2 saturated heterocycles. The lowest BCUT2D eigenvalue weighted by atomic mass is 9.82. The van der Waals surface area contributed by atoms with Crippen LogP contribution in [-0.4, -0.2) is 35.0 Å². The lowest BCUT2D eigenvalue weighted by Crippen LogP contribution is -2.37. The van der Waals surface area contributed by atoms with Crippen LogP contribution in [0.4, 0.5) is 0 Å². The number of aliphatic hydroxyl groups excluding tert-OH is 1. The molecule has 134 valence electrons. The van der Waals surface area contributed by atoms with E-state index in [9.17, 15) is 9.90 Å². The topological polar surface area (TPSA) is 59.1 Å². The van der Waals surface area contributed by atoms with Gasteiger partial charge in [-0.15, -0.1) is 0 Å². The number of aliphatic hydroxyl groups is 1. The molecule has 1 N–H and O–H groups in total. The van der Waals surface area contributed by atoms with Crippen molar-refractivity contribution in [1.29, 1.82) is 0 Å². The summed E-state index contributed by atoms with van der Waals surface area (Å²) in [6.07, 6.45) is 7.07. The first-order valence-electron chi connectivity index (χ1n) is 9.23. The Bertz CT molecular complexity index is 552. The molecule has 2 heterocycles. The molecule has 3 rings (SSSR count). The van der Waals surface area contributed by atoms with E-state index in [2.05, 4.69) is 26.5 Å². The molecule has 4 nitrogen and oxygen atoms in total. The summed E-state index contributed by atoms with van der Waals surface area (Å²) in [5.74, 6) is -0.402. The summed E-state index contributed by atoms with van der Waals surface area (Å²) in [6.45, 7) is 10.3. The highest BCUT2D eigenvalue weighted by Crippen LogP contribution is 2.47. The maximum atomic E-state index is 12.0. The van der Waals surface area contributed by atoms with Crippen molar-refractivity contribution >= 4 is 5.97 Å². The minimum Gasteiger partial charge on any atom is -0.456 e. The fourth-order valence-electron chi connectivity index (χ4n) is 4.16. The summed E-state index contributed by atoms with van der Waals surface area (Å²) in [5.41, 5.74) is 1.79. The van der Waals surface area contributed by atoms with Gasteiger partial charge in [-0.25, -0.2) is 4.79 Å². The van der Waals surface area contributed by atoms with Gasteiger partial charge in [-0.1, -0.05) is 25.2 Å². The van der Waals surface area contributed by atoms with Crippen molar-refractivity contribution in [2.24, 2.45) is 11.8 Å². The first-order valence-corrected chi connectivity index (χ1v) is 9.23. The van der Waals surface area contributed by atoms with Gasteiger partial charge in [-0.05, 0) is 58.3 Å². The van der Waals surface area contributed by atoms with Crippen molar-refractivity contribution in [3.8, 4) is 0 Å². The third kappa shape index (κ3) is 3.45. The molecule has 0 aromatic heterocycles. The van der Waals surface area contributed by atoms with Gasteiger partial charge in [-0.2, -0.15) is 0 Å². The molecule has 0 aromatic rings. The number of rotatable bonds is 0. The first-order chi connectivity index (χ1) is 11.3. The van der Waals surface area contributed by atoms with Crippen LogP contribution in [0.25, 0.3) is 0 Å². The number of hydrogen-bond donors (Lipinski definition) is 1. The number of esters is 1. The Hall–Kier alpha value is -1.13. The van der Waals surface area contributed by atoms with Crippen LogP contribution in [0.2, 0.25) is 0 Å². The van der Waals surface area contributed by atoms with E-state index in [1.54, 1.807) is 0 Å². The molecule has 4 heteroatoms. The molecule has 0 aromatic carbocycles. The third-order valence-corrected chi connectivity index (χ3v) is 6.14. The van der Waals surface area contributed by atoms with Gasteiger partial charge < -0.3 is 14.6 Å².